The summed E-state index contributed by atoms with van der Waals surface area (Å²) < 4.78 is 2.19. The van der Waals surface area contributed by atoms with Gasteiger partial charge in [-0.25, -0.2) is 4.98 Å². The molecule has 2 aromatic rings. The number of hydrogen-bond donors (Lipinski definition) is 2. The van der Waals surface area contributed by atoms with Gasteiger partial charge in [0.15, 0.2) is 0 Å². The van der Waals surface area contributed by atoms with Gasteiger partial charge in [-0.2, -0.15) is 0 Å². The van der Waals surface area contributed by atoms with Crippen LogP contribution in [0.1, 0.15) is 47.3 Å². The molecule has 112 valence electrons. The van der Waals surface area contributed by atoms with Crippen molar-refractivity contribution in [3.8, 4) is 0 Å². The van der Waals surface area contributed by atoms with Crippen molar-refractivity contribution in [1.82, 2.24) is 9.55 Å². The summed E-state index contributed by atoms with van der Waals surface area (Å²) in [6.45, 7) is 3.14. The topological polar surface area (TPSA) is 64.1 Å². The van der Waals surface area contributed by atoms with Crippen LogP contribution in [0.2, 0.25) is 0 Å². The summed E-state index contributed by atoms with van der Waals surface area (Å²) in [6, 6.07) is 7.89. The summed E-state index contributed by atoms with van der Waals surface area (Å²) in [7, 11) is 0. The standard InChI is InChI=1S/C17H23N3O/c1-12-19-15-4-2-3-5-16(15)20(12)11-17(21)14-8-6-13(10-18)7-9-14/h6-9,17,21H,2-5,10-11,18H2,1H3. The smallest absolute Gasteiger partial charge is 0.106 e. The minimum atomic E-state index is -0.504. The largest absolute Gasteiger partial charge is 0.387 e. The second-order valence-corrected chi connectivity index (χ2v) is 5.83. The van der Waals surface area contributed by atoms with E-state index in [1.54, 1.807) is 0 Å². The minimum Gasteiger partial charge on any atom is -0.387 e. The Hall–Kier alpha value is -1.65. The van der Waals surface area contributed by atoms with Gasteiger partial charge in [0.25, 0.3) is 0 Å². The van der Waals surface area contributed by atoms with Gasteiger partial charge >= 0.3 is 0 Å². The van der Waals surface area contributed by atoms with Gasteiger partial charge in [-0.15, -0.1) is 0 Å². The van der Waals surface area contributed by atoms with Gasteiger partial charge in [0.05, 0.1) is 18.3 Å². The van der Waals surface area contributed by atoms with Crippen LogP contribution in [0.4, 0.5) is 0 Å². The fourth-order valence-corrected chi connectivity index (χ4v) is 3.13. The molecule has 0 fully saturated rings. The van der Waals surface area contributed by atoms with Crippen molar-refractivity contribution < 1.29 is 5.11 Å². The van der Waals surface area contributed by atoms with Crippen molar-refractivity contribution in [2.75, 3.05) is 0 Å². The quantitative estimate of drug-likeness (QED) is 0.905. The zero-order valence-electron chi connectivity index (χ0n) is 12.5. The predicted molar refractivity (Wildman–Crippen MR) is 82.9 cm³/mol. The van der Waals surface area contributed by atoms with Gasteiger partial charge < -0.3 is 15.4 Å². The zero-order valence-corrected chi connectivity index (χ0v) is 12.5. The maximum absolute atomic E-state index is 10.5. The summed E-state index contributed by atoms with van der Waals surface area (Å²) in [5, 5.41) is 10.5. The van der Waals surface area contributed by atoms with E-state index in [9.17, 15) is 5.11 Å². The Morgan fingerprint density at radius 3 is 2.67 bits per heavy atom. The fraction of sp³-hybridized carbons (Fsp3) is 0.471. The van der Waals surface area contributed by atoms with E-state index < -0.39 is 6.10 Å². The Kier molecular flexibility index (Phi) is 4.08. The lowest BCUT2D eigenvalue weighted by molar-refractivity contribution is 0.154. The molecule has 0 radical (unpaired) electrons. The van der Waals surface area contributed by atoms with Crippen molar-refractivity contribution >= 4 is 0 Å². The van der Waals surface area contributed by atoms with Crippen molar-refractivity contribution in [1.29, 1.82) is 0 Å². The lowest BCUT2D eigenvalue weighted by atomic mass is 10.0. The number of nitrogens with zero attached hydrogens (tertiary/aromatic N) is 2. The normalized spacial score (nSPS) is 15.8. The third kappa shape index (κ3) is 2.87. The van der Waals surface area contributed by atoms with Crippen LogP contribution in [0.15, 0.2) is 24.3 Å². The maximum Gasteiger partial charge on any atom is 0.106 e. The monoisotopic (exact) mass is 285 g/mol. The second kappa shape index (κ2) is 6.00. The van der Waals surface area contributed by atoms with E-state index in [1.165, 1.54) is 24.2 Å². The Balaban J connectivity index is 1.80. The van der Waals surface area contributed by atoms with Gasteiger partial charge in [-0.05, 0) is 43.7 Å². The molecule has 1 aromatic heterocycles. The Morgan fingerprint density at radius 1 is 1.24 bits per heavy atom. The number of benzene rings is 1. The molecule has 1 atom stereocenters. The molecule has 0 aliphatic heterocycles. The molecule has 0 saturated carbocycles. The molecule has 3 rings (SSSR count). The number of aliphatic hydroxyl groups is 1. The molecule has 0 saturated heterocycles. The molecule has 1 unspecified atom stereocenters. The van der Waals surface area contributed by atoms with Crippen LogP contribution in [0.5, 0.6) is 0 Å². The van der Waals surface area contributed by atoms with E-state index in [-0.39, 0.29) is 0 Å². The number of rotatable bonds is 4. The third-order valence-electron chi connectivity index (χ3n) is 4.38. The van der Waals surface area contributed by atoms with Gasteiger partial charge in [0.2, 0.25) is 0 Å². The van der Waals surface area contributed by atoms with Crippen LogP contribution in [0, 0.1) is 6.92 Å². The molecule has 3 N–H and O–H groups in total. The summed E-state index contributed by atoms with van der Waals surface area (Å²) in [5.41, 5.74) is 10.2. The Morgan fingerprint density at radius 2 is 1.95 bits per heavy atom. The molecule has 1 heterocycles. The van der Waals surface area contributed by atoms with E-state index in [0.29, 0.717) is 13.1 Å². The van der Waals surface area contributed by atoms with Crippen molar-refractivity contribution in [3.63, 3.8) is 0 Å². The maximum atomic E-state index is 10.5. The number of aryl methyl sites for hydroxylation is 2. The van der Waals surface area contributed by atoms with Crippen LogP contribution in [0.3, 0.4) is 0 Å². The lowest BCUT2D eigenvalue weighted by Crippen LogP contribution is -2.14. The molecule has 0 amide bonds. The number of imidazole rings is 1. The number of nitrogens with two attached hydrogens (primary N) is 1. The molecule has 4 heteroatoms. The lowest BCUT2D eigenvalue weighted by Gasteiger charge is -2.18. The highest BCUT2D eigenvalue weighted by Gasteiger charge is 2.20. The van der Waals surface area contributed by atoms with E-state index >= 15 is 0 Å². The van der Waals surface area contributed by atoms with Crippen LogP contribution >= 0.6 is 0 Å². The molecule has 0 spiro atoms. The van der Waals surface area contributed by atoms with Crippen molar-refractivity contribution in [2.24, 2.45) is 5.73 Å². The number of hydrogen-bond acceptors (Lipinski definition) is 3. The van der Waals surface area contributed by atoms with Gasteiger partial charge in [0, 0.05) is 12.2 Å². The van der Waals surface area contributed by atoms with E-state index in [4.69, 9.17) is 5.73 Å². The highest BCUT2D eigenvalue weighted by molar-refractivity contribution is 5.25. The average molecular weight is 285 g/mol. The minimum absolute atomic E-state index is 0.504. The molecular formula is C17H23N3O. The molecule has 4 nitrogen and oxygen atoms in total. The van der Waals surface area contributed by atoms with Crippen LogP contribution in [-0.4, -0.2) is 14.7 Å². The van der Waals surface area contributed by atoms with Crippen molar-refractivity contribution in [3.05, 3.63) is 52.6 Å². The number of fused-ring (bicyclic) bond motifs is 1. The molecular weight excluding hydrogens is 262 g/mol. The fourth-order valence-electron chi connectivity index (χ4n) is 3.13. The first kappa shape index (κ1) is 14.3. The Labute approximate surface area is 125 Å². The van der Waals surface area contributed by atoms with Crippen LogP contribution < -0.4 is 5.73 Å². The SMILES string of the molecule is Cc1nc2c(n1CC(O)c1ccc(CN)cc1)CCCC2. The summed E-state index contributed by atoms with van der Waals surface area (Å²) >= 11 is 0. The number of aromatic nitrogens is 2. The third-order valence-corrected chi connectivity index (χ3v) is 4.38. The van der Waals surface area contributed by atoms with E-state index in [0.717, 1.165) is 29.8 Å². The highest BCUT2D eigenvalue weighted by atomic mass is 16.3. The predicted octanol–water partition coefficient (Wildman–Crippen LogP) is 2.26. The van der Waals surface area contributed by atoms with Gasteiger partial charge in [-0.3, -0.25) is 0 Å². The van der Waals surface area contributed by atoms with E-state index in [2.05, 4.69) is 9.55 Å². The summed E-state index contributed by atoms with van der Waals surface area (Å²) in [5.74, 6) is 1.01. The first-order valence-electron chi connectivity index (χ1n) is 7.71. The molecule has 1 aromatic carbocycles. The molecule has 21 heavy (non-hydrogen) atoms. The van der Waals surface area contributed by atoms with Gasteiger partial charge in [-0.1, -0.05) is 24.3 Å². The molecule has 1 aliphatic carbocycles. The highest BCUT2D eigenvalue weighted by Crippen LogP contribution is 2.25. The van der Waals surface area contributed by atoms with Crippen LogP contribution in [0.25, 0.3) is 0 Å². The van der Waals surface area contributed by atoms with Crippen molar-refractivity contribution in [2.45, 2.75) is 51.8 Å². The first-order chi connectivity index (χ1) is 10.2. The van der Waals surface area contributed by atoms with Gasteiger partial charge in [0.1, 0.15) is 5.82 Å². The number of aliphatic hydroxyl groups excluding tert-OH is 1. The summed E-state index contributed by atoms with van der Waals surface area (Å²) in [6.07, 6.45) is 4.10. The first-order valence-corrected chi connectivity index (χ1v) is 7.71. The zero-order chi connectivity index (χ0) is 14.8. The van der Waals surface area contributed by atoms with Crippen LogP contribution in [-0.2, 0) is 25.9 Å². The molecule has 0 bridgehead atoms. The summed E-state index contributed by atoms with van der Waals surface area (Å²) in [4.78, 5) is 4.66. The molecule has 1 aliphatic rings. The Bertz CT molecular complexity index is 616. The van der Waals surface area contributed by atoms with E-state index in [1.807, 2.05) is 31.2 Å². The average Bonchev–Trinajstić information content (AvgIpc) is 2.83. The second-order valence-electron chi connectivity index (χ2n) is 5.83.